The molecule has 0 aromatic heterocycles. The zero-order valence-electron chi connectivity index (χ0n) is 9.06. The number of aliphatic hydroxyl groups excluding tert-OH is 1. The number of aliphatic carboxylic acids is 1. The fourth-order valence-corrected chi connectivity index (χ4v) is 1.88. The van der Waals surface area contributed by atoms with Gasteiger partial charge in [0.15, 0.2) is 0 Å². The highest BCUT2D eigenvalue weighted by molar-refractivity contribution is 5.67. The van der Waals surface area contributed by atoms with Gasteiger partial charge in [-0.25, -0.2) is 0 Å². The largest absolute Gasteiger partial charge is 0.481 e. The lowest BCUT2D eigenvalue weighted by Crippen LogP contribution is -2.23. The second-order valence-electron chi connectivity index (χ2n) is 4.47. The molecule has 0 aliphatic heterocycles. The molecule has 0 spiro atoms. The third-order valence-corrected chi connectivity index (χ3v) is 3.04. The van der Waals surface area contributed by atoms with Gasteiger partial charge in [-0.15, -0.1) is 6.58 Å². The highest BCUT2D eigenvalue weighted by Crippen LogP contribution is 2.35. The van der Waals surface area contributed by atoms with Crippen molar-refractivity contribution in [2.45, 2.75) is 44.6 Å². The fourth-order valence-electron chi connectivity index (χ4n) is 1.88. The van der Waals surface area contributed by atoms with E-state index in [1.54, 1.807) is 6.08 Å². The fraction of sp³-hybridized carbons (Fsp3) is 0.750. The number of carboxylic acid groups (broad SMARTS) is 1. The van der Waals surface area contributed by atoms with E-state index in [0.717, 1.165) is 18.8 Å². The van der Waals surface area contributed by atoms with Crippen LogP contribution in [0.3, 0.4) is 0 Å². The van der Waals surface area contributed by atoms with E-state index in [-0.39, 0.29) is 12.3 Å². The average molecular weight is 212 g/mol. The molecule has 3 nitrogen and oxygen atoms in total. The third-order valence-electron chi connectivity index (χ3n) is 3.04. The predicted molar refractivity (Wildman–Crippen MR) is 58.5 cm³/mol. The van der Waals surface area contributed by atoms with Crippen LogP contribution in [0.4, 0.5) is 0 Å². The molecule has 0 heterocycles. The van der Waals surface area contributed by atoms with Crippen molar-refractivity contribution >= 4 is 5.97 Å². The van der Waals surface area contributed by atoms with E-state index in [9.17, 15) is 9.90 Å². The van der Waals surface area contributed by atoms with Crippen LogP contribution in [0.15, 0.2) is 12.7 Å². The van der Waals surface area contributed by atoms with Crippen LogP contribution in [0.1, 0.15) is 38.5 Å². The van der Waals surface area contributed by atoms with E-state index in [4.69, 9.17) is 5.11 Å². The number of allylic oxidation sites excluding steroid dienone is 1. The molecule has 0 aromatic carbocycles. The lowest BCUT2D eigenvalue weighted by molar-refractivity contribution is -0.140. The molecule has 0 saturated heterocycles. The smallest absolute Gasteiger partial charge is 0.305 e. The second kappa shape index (κ2) is 5.91. The highest BCUT2D eigenvalue weighted by atomic mass is 16.4. The van der Waals surface area contributed by atoms with Crippen LogP contribution >= 0.6 is 0 Å². The Kier molecular flexibility index (Phi) is 4.82. The Hall–Kier alpha value is -0.830. The molecule has 2 atom stereocenters. The van der Waals surface area contributed by atoms with Gasteiger partial charge in [0.05, 0.1) is 12.5 Å². The lowest BCUT2D eigenvalue weighted by atomic mass is 9.90. The minimum atomic E-state index is -0.928. The maximum Gasteiger partial charge on any atom is 0.305 e. The van der Waals surface area contributed by atoms with Crippen LogP contribution < -0.4 is 0 Å². The summed E-state index contributed by atoms with van der Waals surface area (Å²) in [5, 5.41) is 18.3. The first-order valence-electron chi connectivity index (χ1n) is 5.64. The summed E-state index contributed by atoms with van der Waals surface area (Å²) in [5.74, 6) is -0.0310. The first-order valence-corrected chi connectivity index (χ1v) is 5.64. The zero-order valence-corrected chi connectivity index (χ0v) is 9.06. The number of aliphatic hydroxyl groups is 1. The summed E-state index contributed by atoms with van der Waals surface area (Å²) in [6.07, 6.45) is 6.25. The maximum atomic E-state index is 10.5. The summed E-state index contributed by atoms with van der Waals surface area (Å²) >= 11 is 0. The van der Waals surface area contributed by atoms with Crippen molar-refractivity contribution in [3.63, 3.8) is 0 Å². The topological polar surface area (TPSA) is 57.5 Å². The minimum Gasteiger partial charge on any atom is -0.481 e. The Morgan fingerprint density at radius 2 is 2.20 bits per heavy atom. The molecule has 2 unspecified atom stereocenters. The predicted octanol–water partition coefficient (Wildman–Crippen LogP) is 2.20. The average Bonchev–Trinajstić information content (AvgIpc) is 2.94. The van der Waals surface area contributed by atoms with Gasteiger partial charge in [0.25, 0.3) is 0 Å². The van der Waals surface area contributed by atoms with E-state index in [1.807, 2.05) is 0 Å². The molecular weight excluding hydrogens is 192 g/mol. The van der Waals surface area contributed by atoms with Crippen LogP contribution in [0.25, 0.3) is 0 Å². The Bertz CT molecular complexity index is 221. The summed E-state index contributed by atoms with van der Waals surface area (Å²) < 4.78 is 0. The van der Waals surface area contributed by atoms with Gasteiger partial charge in [-0.1, -0.05) is 25.3 Å². The van der Waals surface area contributed by atoms with Gasteiger partial charge < -0.3 is 10.2 Å². The van der Waals surface area contributed by atoms with Crippen molar-refractivity contribution in [1.82, 2.24) is 0 Å². The van der Waals surface area contributed by atoms with Crippen molar-refractivity contribution in [3.05, 3.63) is 12.7 Å². The van der Waals surface area contributed by atoms with Crippen LogP contribution in [0.2, 0.25) is 0 Å². The molecule has 3 heteroatoms. The van der Waals surface area contributed by atoms with E-state index < -0.39 is 12.1 Å². The van der Waals surface area contributed by atoms with Crippen molar-refractivity contribution in [2.75, 3.05) is 0 Å². The monoisotopic (exact) mass is 212 g/mol. The summed E-state index contributed by atoms with van der Waals surface area (Å²) in [7, 11) is 0. The van der Waals surface area contributed by atoms with Gasteiger partial charge >= 0.3 is 5.97 Å². The van der Waals surface area contributed by atoms with Gasteiger partial charge in [-0.2, -0.15) is 0 Å². The number of carboxylic acids is 1. The molecule has 15 heavy (non-hydrogen) atoms. The van der Waals surface area contributed by atoms with E-state index >= 15 is 0 Å². The molecule has 1 aliphatic carbocycles. The minimum absolute atomic E-state index is 0.0687. The number of hydrogen-bond donors (Lipinski definition) is 2. The summed E-state index contributed by atoms with van der Waals surface area (Å²) in [5.41, 5.74) is 0. The lowest BCUT2D eigenvalue weighted by Gasteiger charge is -2.20. The molecule has 0 bridgehead atoms. The number of rotatable bonds is 8. The Morgan fingerprint density at radius 3 is 2.67 bits per heavy atom. The van der Waals surface area contributed by atoms with Gasteiger partial charge in [0, 0.05) is 0 Å². The van der Waals surface area contributed by atoms with Gasteiger partial charge in [0.2, 0.25) is 0 Å². The van der Waals surface area contributed by atoms with Gasteiger partial charge in [-0.3, -0.25) is 4.79 Å². The van der Waals surface area contributed by atoms with Crippen LogP contribution in [-0.4, -0.2) is 22.3 Å². The van der Waals surface area contributed by atoms with Gasteiger partial charge in [-0.05, 0) is 24.7 Å². The quantitative estimate of drug-likeness (QED) is 0.606. The van der Waals surface area contributed by atoms with E-state index in [1.165, 1.54) is 12.8 Å². The highest BCUT2D eigenvalue weighted by Gasteiger charge is 2.25. The van der Waals surface area contributed by atoms with Crippen molar-refractivity contribution in [1.29, 1.82) is 0 Å². The molecule has 1 fully saturated rings. The molecule has 1 saturated carbocycles. The third kappa shape index (κ3) is 4.98. The summed E-state index contributed by atoms with van der Waals surface area (Å²) in [4.78, 5) is 10.5. The first-order chi connectivity index (χ1) is 7.13. The normalized spacial score (nSPS) is 19.5. The Morgan fingerprint density at radius 1 is 1.53 bits per heavy atom. The Balaban J connectivity index is 2.31. The van der Waals surface area contributed by atoms with Crippen LogP contribution in [0, 0.1) is 11.8 Å². The molecule has 2 N–H and O–H groups in total. The molecule has 1 aliphatic rings. The zero-order chi connectivity index (χ0) is 11.3. The second-order valence-corrected chi connectivity index (χ2v) is 4.47. The van der Waals surface area contributed by atoms with E-state index in [0.29, 0.717) is 6.42 Å². The van der Waals surface area contributed by atoms with E-state index in [2.05, 4.69) is 6.58 Å². The van der Waals surface area contributed by atoms with Crippen LogP contribution in [-0.2, 0) is 4.79 Å². The van der Waals surface area contributed by atoms with Gasteiger partial charge in [0.1, 0.15) is 0 Å². The maximum absolute atomic E-state index is 10.5. The summed E-state index contributed by atoms with van der Waals surface area (Å²) in [6.45, 7) is 3.65. The van der Waals surface area contributed by atoms with Crippen molar-refractivity contribution in [2.24, 2.45) is 11.8 Å². The standard InChI is InChI=1S/C12H20O3/c1-2-3-10(7-6-9-4-5-9)11(13)8-12(14)15/h2,9-11,13H,1,3-8H2,(H,14,15). The molecule has 1 rings (SSSR count). The molecular formula is C12H20O3. The number of carbonyl (C=O) groups is 1. The van der Waals surface area contributed by atoms with Crippen molar-refractivity contribution in [3.8, 4) is 0 Å². The SMILES string of the molecule is C=CCC(CCC1CC1)C(O)CC(=O)O. The Labute approximate surface area is 90.8 Å². The molecule has 0 radical (unpaired) electrons. The number of hydrogen-bond acceptors (Lipinski definition) is 2. The molecule has 0 amide bonds. The van der Waals surface area contributed by atoms with Crippen molar-refractivity contribution < 1.29 is 15.0 Å². The molecule has 86 valence electrons. The summed E-state index contributed by atoms with van der Waals surface area (Å²) in [6, 6.07) is 0. The first kappa shape index (κ1) is 12.2. The van der Waals surface area contributed by atoms with Crippen LogP contribution in [0.5, 0.6) is 0 Å². The molecule has 0 aromatic rings.